The fourth-order valence-electron chi connectivity index (χ4n) is 1.48. The summed E-state index contributed by atoms with van der Waals surface area (Å²) < 4.78 is 0. The van der Waals surface area contributed by atoms with Crippen LogP contribution >= 0.6 is 0 Å². The molecule has 4 nitrogen and oxygen atoms in total. The number of nitrogens with zero attached hydrogens (tertiary/aromatic N) is 1. The second-order valence-corrected chi connectivity index (χ2v) is 3.39. The van der Waals surface area contributed by atoms with Crippen LogP contribution in [0.5, 0.6) is 0 Å². The van der Waals surface area contributed by atoms with Crippen LogP contribution in [-0.2, 0) is 5.21 Å². The summed E-state index contributed by atoms with van der Waals surface area (Å²) in [5.41, 5.74) is 2.24. The third-order valence-electron chi connectivity index (χ3n) is 2.46. The predicted molar refractivity (Wildman–Crippen MR) is 47.1 cm³/mol. The molecule has 1 aromatic carbocycles. The van der Waals surface area contributed by atoms with E-state index in [9.17, 15) is 14.8 Å². The van der Waals surface area contributed by atoms with Gasteiger partial charge in [-0.3, -0.25) is 9.59 Å². The van der Waals surface area contributed by atoms with Crippen molar-refractivity contribution in [2.75, 3.05) is 0 Å². The molecule has 1 aromatic rings. The van der Waals surface area contributed by atoms with E-state index in [1.165, 1.54) is 0 Å². The molecule has 4 heteroatoms. The van der Waals surface area contributed by atoms with Gasteiger partial charge in [0.05, 0.1) is 11.1 Å². The summed E-state index contributed by atoms with van der Waals surface area (Å²) in [7, 11) is 0. The minimum absolute atomic E-state index is 0.0937. The number of hydroxylamine groups is 2. The summed E-state index contributed by atoms with van der Waals surface area (Å²) in [4.78, 5) is 22.5. The van der Waals surface area contributed by atoms with Gasteiger partial charge in [0.25, 0.3) is 11.8 Å². The van der Waals surface area contributed by atoms with Gasteiger partial charge in [0.2, 0.25) is 0 Å². The first kappa shape index (κ1) is 8.90. The second-order valence-electron chi connectivity index (χ2n) is 3.39. The number of rotatable bonds is 0. The molecule has 0 aromatic heterocycles. The lowest BCUT2D eigenvalue weighted by Crippen LogP contribution is -2.23. The summed E-state index contributed by atoms with van der Waals surface area (Å²) in [5.74, 6) is -1.51. The molecular weight excluding hydrogens is 182 g/mol. The van der Waals surface area contributed by atoms with E-state index >= 15 is 0 Å². The molecule has 0 fully saturated rings. The molecule has 0 unspecified atom stereocenters. The Labute approximate surface area is 80.7 Å². The maximum atomic E-state index is 11.3. The van der Waals surface area contributed by atoms with Crippen LogP contribution in [0.25, 0.3) is 0 Å². The second kappa shape index (κ2) is 2.65. The van der Waals surface area contributed by atoms with Gasteiger partial charge in [0.15, 0.2) is 0 Å². The number of hydrogen-bond donors (Lipinski definition) is 0. The summed E-state index contributed by atoms with van der Waals surface area (Å²) in [6, 6.07) is 3.17. The molecule has 1 aliphatic heterocycles. The number of carbonyl (C=O) groups is 2. The van der Waals surface area contributed by atoms with E-state index in [-0.39, 0.29) is 16.2 Å². The Morgan fingerprint density at radius 3 is 1.64 bits per heavy atom. The highest BCUT2D eigenvalue weighted by molar-refractivity contribution is 6.20. The first-order valence-electron chi connectivity index (χ1n) is 4.19. The molecule has 1 heterocycles. The molecule has 1 radical (unpaired) electrons. The number of amides is 2. The molecule has 14 heavy (non-hydrogen) atoms. The monoisotopic (exact) mass is 190 g/mol. The van der Waals surface area contributed by atoms with Crippen molar-refractivity contribution >= 4 is 11.8 Å². The Hall–Kier alpha value is -1.68. The van der Waals surface area contributed by atoms with E-state index in [4.69, 9.17) is 0 Å². The van der Waals surface area contributed by atoms with Crippen LogP contribution in [0.2, 0.25) is 0 Å². The van der Waals surface area contributed by atoms with Crippen LogP contribution in [-0.4, -0.2) is 16.9 Å². The van der Waals surface area contributed by atoms with Crippen molar-refractivity contribution in [3.8, 4) is 0 Å². The molecule has 0 atom stereocenters. The number of aryl methyl sites for hydroxylation is 2. The fourth-order valence-corrected chi connectivity index (χ4v) is 1.48. The lowest BCUT2D eigenvalue weighted by Gasteiger charge is -2.00. The lowest BCUT2D eigenvalue weighted by atomic mass is 10.0. The highest BCUT2D eigenvalue weighted by Crippen LogP contribution is 2.24. The topological polar surface area (TPSA) is 57.3 Å². The van der Waals surface area contributed by atoms with E-state index in [2.05, 4.69) is 0 Å². The van der Waals surface area contributed by atoms with E-state index in [0.29, 0.717) is 0 Å². The van der Waals surface area contributed by atoms with Crippen molar-refractivity contribution in [2.24, 2.45) is 0 Å². The zero-order valence-electron chi connectivity index (χ0n) is 7.83. The van der Waals surface area contributed by atoms with Crippen molar-refractivity contribution in [3.63, 3.8) is 0 Å². The molecule has 1 aliphatic rings. The van der Waals surface area contributed by atoms with Crippen LogP contribution < -0.4 is 0 Å². The minimum Gasteiger partial charge on any atom is -0.266 e. The van der Waals surface area contributed by atoms with Crippen molar-refractivity contribution in [1.82, 2.24) is 5.06 Å². The van der Waals surface area contributed by atoms with Gasteiger partial charge in [-0.05, 0) is 37.1 Å². The van der Waals surface area contributed by atoms with Gasteiger partial charge in [0.1, 0.15) is 0 Å². The van der Waals surface area contributed by atoms with E-state index in [1.54, 1.807) is 12.1 Å². The molecular formula is C10H8NO3. The normalized spacial score (nSPS) is 14.9. The number of hydrogen-bond acceptors (Lipinski definition) is 2. The van der Waals surface area contributed by atoms with Crippen LogP contribution in [0, 0.1) is 13.8 Å². The van der Waals surface area contributed by atoms with Gasteiger partial charge in [-0.15, -0.1) is 5.06 Å². The first-order valence-corrected chi connectivity index (χ1v) is 4.19. The average molecular weight is 190 g/mol. The third-order valence-corrected chi connectivity index (χ3v) is 2.46. The smallest absolute Gasteiger partial charge is 0.266 e. The SMILES string of the molecule is Cc1cc2c(cc1C)C(=O)N([O])C2=O. The van der Waals surface area contributed by atoms with Crippen molar-refractivity contribution in [2.45, 2.75) is 13.8 Å². The number of benzene rings is 1. The first-order chi connectivity index (χ1) is 6.52. The largest absolute Gasteiger partial charge is 0.288 e. The molecule has 0 aliphatic carbocycles. The highest BCUT2D eigenvalue weighted by Gasteiger charge is 2.36. The molecule has 2 amide bonds. The predicted octanol–water partition coefficient (Wildman–Crippen LogP) is 1.24. The minimum atomic E-state index is -0.756. The summed E-state index contributed by atoms with van der Waals surface area (Å²) in [6.45, 7) is 3.67. The van der Waals surface area contributed by atoms with Crippen LogP contribution in [0.3, 0.4) is 0 Å². The highest BCUT2D eigenvalue weighted by atomic mass is 16.5. The Morgan fingerprint density at radius 1 is 0.929 bits per heavy atom. The van der Waals surface area contributed by atoms with Gasteiger partial charge in [-0.25, -0.2) is 0 Å². The third kappa shape index (κ3) is 0.975. The quantitative estimate of drug-likeness (QED) is 0.578. The van der Waals surface area contributed by atoms with Gasteiger partial charge < -0.3 is 0 Å². The van der Waals surface area contributed by atoms with Gasteiger partial charge in [0, 0.05) is 0 Å². The molecule has 0 saturated carbocycles. The zero-order valence-corrected chi connectivity index (χ0v) is 7.83. The molecule has 0 bridgehead atoms. The average Bonchev–Trinajstić information content (AvgIpc) is 2.34. The maximum Gasteiger partial charge on any atom is 0.288 e. The molecule has 0 saturated heterocycles. The Morgan fingerprint density at radius 2 is 1.29 bits per heavy atom. The van der Waals surface area contributed by atoms with E-state index < -0.39 is 11.8 Å². The molecule has 2 rings (SSSR count). The lowest BCUT2D eigenvalue weighted by molar-refractivity contribution is -0.0828. The molecule has 0 spiro atoms. The van der Waals surface area contributed by atoms with Gasteiger partial charge in [-0.1, -0.05) is 5.21 Å². The van der Waals surface area contributed by atoms with Crippen molar-refractivity contribution in [3.05, 3.63) is 34.4 Å². The summed E-state index contributed by atoms with van der Waals surface area (Å²) in [6.07, 6.45) is 0. The van der Waals surface area contributed by atoms with Crippen LogP contribution in [0.15, 0.2) is 12.1 Å². The standard InChI is InChI=1S/C10H8NO3/c1-5-3-7-8(4-6(5)2)10(13)11(14)9(7)12/h3-4H,1-2H3. The number of fused-ring (bicyclic) bond motifs is 1. The maximum absolute atomic E-state index is 11.3. The molecule has 0 N–H and O–H groups in total. The summed E-state index contributed by atoms with van der Waals surface area (Å²) in [5, 5.41) is 10.9. The Balaban J connectivity index is 2.71. The Kier molecular flexibility index (Phi) is 1.69. The van der Waals surface area contributed by atoms with Gasteiger partial charge >= 0.3 is 0 Å². The van der Waals surface area contributed by atoms with Crippen molar-refractivity contribution in [1.29, 1.82) is 0 Å². The number of carbonyl (C=O) groups excluding carboxylic acids is 2. The molecule has 71 valence electrons. The van der Waals surface area contributed by atoms with E-state index in [0.717, 1.165) is 11.1 Å². The Bertz CT molecular complexity index is 410. The van der Waals surface area contributed by atoms with Crippen molar-refractivity contribution < 1.29 is 14.8 Å². The fraction of sp³-hybridized carbons (Fsp3) is 0.200. The number of imide groups is 1. The van der Waals surface area contributed by atoms with E-state index in [1.807, 2.05) is 13.8 Å². The zero-order chi connectivity index (χ0) is 10.5. The van der Waals surface area contributed by atoms with Crippen LogP contribution in [0.1, 0.15) is 31.8 Å². The summed E-state index contributed by atoms with van der Waals surface area (Å²) >= 11 is 0. The van der Waals surface area contributed by atoms with Gasteiger partial charge in [-0.2, -0.15) is 0 Å². The van der Waals surface area contributed by atoms with Crippen LogP contribution in [0.4, 0.5) is 0 Å².